The number of carboxylic acid groups (broad SMARTS) is 2. The molecule has 0 radical (unpaired) electrons. The summed E-state index contributed by atoms with van der Waals surface area (Å²) >= 11 is 0. The van der Waals surface area contributed by atoms with E-state index in [1.165, 1.54) is 13.8 Å². The van der Waals surface area contributed by atoms with Crippen molar-refractivity contribution in [3.63, 3.8) is 0 Å². The Balaban J connectivity index is -0.000000114. The summed E-state index contributed by atoms with van der Waals surface area (Å²) in [6, 6.07) is 0. The largest absolute Gasteiger partial charge is 0.478 e. The number of hydrogen-bond acceptors (Lipinski definition) is 6. The molecule has 0 aromatic rings. The minimum Gasteiger partial charge on any atom is -0.478 e. The fourth-order valence-electron chi connectivity index (χ4n) is 0.176. The number of hydrogen-bond donors (Lipinski definition) is 4. The van der Waals surface area contributed by atoms with E-state index in [0.29, 0.717) is 5.57 Å². The van der Waals surface area contributed by atoms with E-state index < -0.39 is 17.9 Å². The zero-order valence-electron chi connectivity index (χ0n) is 14.2. The first-order valence-electron chi connectivity index (χ1n) is 6.35. The number of aliphatic carboxylic acids is 2. The average molecular weight is 346 g/mol. The average Bonchev–Trinajstić information content (AvgIpc) is 2.48. The predicted molar refractivity (Wildman–Crippen MR) is 90.2 cm³/mol. The van der Waals surface area contributed by atoms with Crippen molar-refractivity contribution in [1.29, 1.82) is 0 Å². The van der Waals surface area contributed by atoms with Crippen molar-refractivity contribution >= 4 is 17.9 Å². The van der Waals surface area contributed by atoms with Gasteiger partial charge in [-0.3, -0.25) is 0 Å². The highest BCUT2D eigenvalue weighted by atomic mass is 16.5. The van der Waals surface area contributed by atoms with Crippen LogP contribution >= 0.6 is 0 Å². The molecular weight excluding hydrogens is 320 g/mol. The molecule has 0 saturated heterocycles. The van der Waals surface area contributed by atoms with Gasteiger partial charge in [-0.15, -0.1) is 0 Å². The molecule has 0 spiro atoms. The van der Waals surface area contributed by atoms with E-state index in [4.69, 9.17) is 20.4 Å². The molecule has 8 nitrogen and oxygen atoms in total. The molecule has 0 unspecified atom stereocenters. The molecule has 0 saturated carbocycles. The molecule has 0 aliphatic carbocycles. The van der Waals surface area contributed by atoms with Gasteiger partial charge < -0.3 is 25.2 Å². The quantitative estimate of drug-likeness (QED) is 0.333. The maximum absolute atomic E-state index is 10.3. The van der Waals surface area contributed by atoms with Gasteiger partial charge in [0.15, 0.2) is 0 Å². The summed E-state index contributed by atoms with van der Waals surface area (Å²) in [6.07, 6.45) is 1.08. The summed E-state index contributed by atoms with van der Waals surface area (Å²) < 4.78 is 4.33. The molecule has 0 heterocycles. The van der Waals surface area contributed by atoms with E-state index >= 15 is 0 Å². The molecule has 138 valence electrons. The van der Waals surface area contributed by atoms with Gasteiger partial charge in [-0.05, 0) is 20.8 Å². The fourth-order valence-corrected chi connectivity index (χ4v) is 0.176. The number of carboxylic acids is 2. The van der Waals surface area contributed by atoms with E-state index in [1.54, 1.807) is 6.92 Å². The Kier molecular flexibility index (Phi) is 24.8. The van der Waals surface area contributed by atoms with Gasteiger partial charge in [0.05, 0.1) is 19.5 Å². The van der Waals surface area contributed by atoms with Crippen LogP contribution in [0.1, 0.15) is 20.8 Å². The molecule has 0 fully saturated rings. The van der Waals surface area contributed by atoms with Crippen molar-refractivity contribution in [2.24, 2.45) is 0 Å². The van der Waals surface area contributed by atoms with Gasteiger partial charge in [-0.25, -0.2) is 14.4 Å². The highest BCUT2D eigenvalue weighted by Gasteiger charge is 1.97. The van der Waals surface area contributed by atoms with Gasteiger partial charge in [0, 0.05) is 16.7 Å². The molecule has 0 amide bonds. The molecule has 0 aliphatic heterocycles. The second-order valence-corrected chi connectivity index (χ2v) is 3.97. The zero-order chi connectivity index (χ0) is 20.3. The zero-order valence-corrected chi connectivity index (χ0v) is 14.2. The van der Waals surface area contributed by atoms with Crippen molar-refractivity contribution in [3.8, 4) is 0 Å². The van der Waals surface area contributed by atoms with E-state index in [2.05, 4.69) is 31.1 Å². The third kappa shape index (κ3) is 36.5. The predicted octanol–water partition coefficient (Wildman–Crippen LogP) is 1.51. The number of aliphatic hydroxyl groups excluding tert-OH is 2. The molecule has 24 heavy (non-hydrogen) atoms. The standard InChI is InChI=1S/C6H8O2.2C4H6O2.C2H6O2/c1-4-8-6(7)5(2)3;2*1-3(2)4(5)6;3-1-2-4/h4H,1-2H2,3H3;2*1H2,2H3,(H,5,6);3-4H,1-2H2. The summed E-state index contributed by atoms with van der Waals surface area (Å²) in [4.78, 5) is 29.5. The summed E-state index contributed by atoms with van der Waals surface area (Å²) in [6.45, 7) is 17.1. The highest BCUT2D eigenvalue weighted by Crippen LogP contribution is 1.90. The van der Waals surface area contributed by atoms with Gasteiger partial charge in [0.25, 0.3) is 0 Å². The van der Waals surface area contributed by atoms with Crippen molar-refractivity contribution in [2.75, 3.05) is 13.2 Å². The third-order valence-corrected chi connectivity index (χ3v) is 1.37. The Morgan fingerprint density at radius 1 is 0.833 bits per heavy atom. The number of carbonyl (C=O) groups is 3. The van der Waals surface area contributed by atoms with Gasteiger partial charge >= 0.3 is 17.9 Å². The molecule has 0 rings (SSSR count). The van der Waals surface area contributed by atoms with Crippen LogP contribution in [-0.4, -0.2) is 51.5 Å². The van der Waals surface area contributed by atoms with Gasteiger partial charge in [0.2, 0.25) is 0 Å². The van der Waals surface area contributed by atoms with E-state index in [0.717, 1.165) is 6.26 Å². The monoisotopic (exact) mass is 346 g/mol. The lowest BCUT2D eigenvalue weighted by Crippen LogP contribution is -1.98. The second kappa shape index (κ2) is 20.3. The van der Waals surface area contributed by atoms with Crippen molar-refractivity contribution in [1.82, 2.24) is 0 Å². The summed E-state index contributed by atoms with van der Waals surface area (Å²) in [7, 11) is 0. The van der Waals surface area contributed by atoms with E-state index in [1.807, 2.05) is 0 Å². The first-order chi connectivity index (χ1) is 10.9. The van der Waals surface area contributed by atoms with Crippen LogP contribution in [0.2, 0.25) is 0 Å². The molecule has 0 aromatic heterocycles. The lowest BCUT2D eigenvalue weighted by molar-refractivity contribution is -0.134. The molecule has 0 aromatic carbocycles. The van der Waals surface area contributed by atoms with Crippen LogP contribution < -0.4 is 0 Å². The molecule has 0 bridgehead atoms. The fraction of sp³-hybridized carbons (Fsp3) is 0.312. The number of rotatable bonds is 5. The first-order valence-corrected chi connectivity index (χ1v) is 6.35. The molecule has 0 atom stereocenters. The Morgan fingerprint density at radius 3 is 1.12 bits per heavy atom. The summed E-state index contributed by atoms with van der Waals surface area (Å²) in [5.41, 5.74) is 0.731. The lowest BCUT2D eigenvalue weighted by Gasteiger charge is -1.92. The van der Waals surface area contributed by atoms with Gasteiger partial charge in [-0.1, -0.05) is 26.3 Å². The van der Waals surface area contributed by atoms with Gasteiger partial charge in [-0.2, -0.15) is 0 Å². The van der Waals surface area contributed by atoms with Gasteiger partial charge in [0.1, 0.15) is 0 Å². The Labute approximate surface area is 141 Å². The van der Waals surface area contributed by atoms with Crippen molar-refractivity contribution in [3.05, 3.63) is 49.3 Å². The maximum Gasteiger partial charge on any atom is 0.337 e. The van der Waals surface area contributed by atoms with Crippen molar-refractivity contribution in [2.45, 2.75) is 20.8 Å². The van der Waals surface area contributed by atoms with Crippen LogP contribution in [0.3, 0.4) is 0 Å². The second-order valence-electron chi connectivity index (χ2n) is 3.97. The van der Waals surface area contributed by atoms with E-state index in [9.17, 15) is 14.4 Å². The number of aliphatic hydroxyl groups is 2. The Hall–Kier alpha value is -2.71. The molecule has 8 heteroatoms. The minimum atomic E-state index is -0.935. The number of esters is 1. The highest BCUT2D eigenvalue weighted by molar-refractivity contribution is 5.87. The van der Waals surface area contributed by atoms with Crippen LogP contribution in [0.5, 0.6) is 0 Å². The van der Waals surface area contributed by atoms with Crippen LogP contribution in [0.4, 0.5) is 0 Å². The van der Waals surface area contributed by atoms with Crippen LogP contribution in [0.25, 0.3) is 0 Å². The van der Waals surface area contributed by atoms with Crippen LogP contribution in [0, 0.1) is 0 Å². The van der Waals surface area contributed by atoms with Crippen molar-refractivity contribution < 1.29 is 39.5 Å². The van der Waals surface area contributed by atoms with Crippen LogP contribution in [-0.2, 0) is 19.1 Å². The summed E-state index contributed by atoms with van der Waals surface area (Å²) in [5.74, 6) is -2.30. The number of carbonyl (C=O) groups excluding carboxylic acids is 1. The molecule has 0 aliphatic rings. The van der Waals surface area contributed by atoms with Crippen LogP contribution in [0.15, 0.2) is 49.3 Å². The Bertz CT molecular complexity index is 399. The Morgan fingerprint density at radius 2 is 1.08 bits per heavy atom. The normalized spacial score (nSPS) is 7.54. The smallest absolute Gasteiger partial charge is 0.337 e. The lowest BCUT2D eigenvalue weighted by atomic mass is 10.4. The SMILES string of the molecule is C=C(C)C(=O)O.C=C(C)C(=O)O.C=COC(=O)C(=C)C.OCCO. The maximum atomic E-state index is 10.3. The minimum absolute atomic E-state index is 0.125. The third-order valence-electron chi connectivity index (χ3n) is 1.37. The first kappa shape index (κ1) is 29.3. The topological polar surface area (TPSA) is 141 Å². The molecule has 4 N–H and O–H groups in total. The molecular formula is C16H26O8. The van der Waals surface area contributed by atoms with E-state index in [-0.39, 0.29) is 24.4 Å². The number of ether oxygens (including phenoxy) is 1. The summed E-state index contributed by atoms with van der Waals surface area (Å²) in [5, 5.41) is 31.0.